The highest BCUT2D eigenvalue weighted by Gasteiger charge is 2.09. The zero-order valence-electron chi connectivity index (χ0n) is 10.5. The summed E-state index contributed by atoms with van der Waals surface area (Å²) < 4.78 is 5.51. The molecule has 17 heavy (non-hydrogen) atoms. The summed E-state index contributed by atoms with van der Waals surface area (Å²) in [6.45, 7) is 5.48. The molecule has 0 bridgehead atoms. The third-order valence-corrected chi connectivity index (χ3v) is 2.57. The maximum Gasteiger partial charge on any atom is 0.106 e. The van der Waals surface area contributed by atoms with Crippen molar-refractivity contribution in [2.24, 2.45) is 5.73 Å². The van der Waals surface area contributed by atoms with Gasteiger partial charge in [0.1, 0.15) is 4.99 Å². The van der Waals surface area contributed by atoms with Crippen LogP contribution in [0.15, 0.2) is 18.5 Å². The van der Waals surface area contributed by atoms with Gasteiger partial charge in [-0.15, -0.1) is 0 Å². The molecular formula is C12H19N3OS. The lowest BCUT2D eigenvalue weighted by Crippen LogP contribution is -2.26. The van der Waals surface area contributed by atoms with Crippen molar-refractivity contribution in [1.82, 2.24) is 4.98 Å². The molecule has 0 saturated carbocycles. The summed E-state index contributed by atoms with van der Waals surface area (Å²) in [5.41, 5.74) is 7.46. The maximum absolute atomic E-state index is 5.67. The second kappa shape index (κ2) is 6.51. The number of ether oxygens (including phenoxy) is 1. The summed E-state index contributed by atoms with van der Waals surface area (Å²) in [6, 6.07) is 1.83. The molecule has 0 amide bonds. The third-order valence-electron chi connectivity index (χ3n) is 2.35. The van der Waals surface area contributed by atoms with Crippen molar-refractivity contribution in [2.45, 2.75) is 20.0 Å². The normalized spacial score (nSPS) is 10.6. The number of pyridine rings is 1. The predicted octanol–water partition coefficient (Wildman–Crippen LogP) is 1.58. The van der Waals surface area contributed by atoms with Crippen LogP contribution in [0.2, 0.25) is 0 Å². The molecule has 1 rings (SSSR count). The molecule has 94 valence electrons. The van der Waals surface area contributed by atoms with Gasteiger partial charge in [-0.25, -0.2) is 0 Å². The van der Waals surface area contributed by atoms with Crippen LogP contribution in [0.1, 0.15) is 19.4 Å². The van der Waals surface area contributed by atoms with E-state index >= 15 is 0 Å². The van der Waals surface area contributed by atoms with Gasteiger partial charge in [0, 0.05) is 25.4 Å². The second-order valence-corrected chi connectivity index (χ2v) is 4.54. The summed E-state index contributed by atoms with van der Waals surface area (Å²) in [7, 11) is 1.97. The van der Waals surface area contributed by atoms with E-state index in [-0.39, 0.29) is 6.10 Å². The van der Waals surface area contributed by atoms with E-state index in [1.165, 1.54) is 0 Å². The van der Waals surface area contributed by atoms with E-state index < -0.39 is 0 Å². The van der Waals surface area contributed by atoms with Crippen LogP contribution >= 0.6 is 12.2 Å². The van der Waals surface area contributed by atoms with Gasteiger partial charge in [0.05, 0.1) is 24.6 Å². The van der Waals surface area contributed by atoms with E-state index in [0.29, 0.717) is 11.6 Å². The van der Waals surface area contributed by atoms with Crippen LogP contribution in [-0.2, 0) is 4.74 Å². The number of nitrogens with two attached hydrogens (primary N) is 1. The molecule has 4 nitrogen and oxygen atoms in total. The van der Waals surface area contributed by atoms with Crippen LogP contribution in [0.3, 0.4) is 0 Å². The standard InChI is InChI=1S/C12H19N3OS/c1-9(2)16-7-6-15(3)11-8-14-5-4-10(11)12(13)17/h4-5,8-9H,6-7H2,1-3H3,(H2,13,17). The molecule has 0 atom stereocenters. The van der Waals surface area contributed by atoms with Gasteiger partial charge in [0.15, 0.2) is 0 Å². The van der Waals surface area contributed by atoms with E-state index in [1.807, 2.05) is 31.9 Å². The highest BCUT2D eigenvalue weighted by molar-refractivity contribution is 7.80. The van der Waals surface area contributed by atoms with Crippen LogP contribution in [0.5, 0.6) is 0 Å². The lowest BCUT2D eigenvalue weighted by atomic mass is 10.2. The van der Waals surface area contributed by atoms with Crippen molar-refractivity contribution < 1.29 is 4.74 Å². The molecule has 1 aromatic heterocycles. The highest BCUT2D eigenvalue weighted by Crippen LogP contribution is 2.17. The van der Waals surface area contributed by atoms with E-state index in [9.17, 15) is 0 Å². The lowest BCUT2D eigenvalue weighted by molar-refractivity contribution is 0.0846. The Hall–Kier alpha value is -1.20. The Morgan fingerprint density at radius 1 is 1.59 bits per heavy atom. The number of thiocarbonyl (C=S) groups is 1. The summed E-state index contributed by atoms with van der Waals surface area (Å²) in [6.07, 6.45) is 3.70. The fourth-order valence-electron chi connectivity index (χ4n) is 1.44. The summed E-state index contributed by atoms with van der Waals surface area (Å²) in [5, 5.41) is 0. The van der Waals surface area contributed by atoms with Crippen molar-refractivity contribution in [1.29, 1.82) is 0 Å². The van der Waals surface area contributed by atoms with Gasteiger partial charge < -0.3 is 15.4 Å². The van der Waals surface area contributed by atoms with Gasteiger partial charge in [-0.05, 0) is 19.9 Å². The molecular weight excluding hydrogens is 234 g/mol. The third kappa shape index (κ3) is 4.28. The van der Waals surface area contributed by atoms with Gasteiger partial charge in [-0.3, -0.25) is 4.98 Å². The van der Waals surface area contributed by atoms with Crippen molar-refractivity contribution in [2.75, 3.05) is 25.1 Å². The first-order chi connectivity index (χ1) is 8.02. The molecule has 0 unspecified atom stereocenters. The van der Waals surface area contributed by atoms with Crippen LogP contribution in [0.25, 0.3) is 0 Å². The molecule has 0 spiro atoms. The molecule has 1 aromatic rings. The zero-order chi connectivity index (χ0) is 12.8. The first-order valence-electron chi connectivity index (χ1n) is 5.59. The van der Waals surface area contributed by atoms with E-state index in [0.717, 1.165) is 17.8 Å². The Morgan fingerprint density at radius 2 is 2.29 bits per heavy atom. The minimum Gasteiger partial charge on any atom is -0.389 e. The number of hydrogen-bond donors (Lipinski definition) is 1. The number of nitrogens with zero attached hydrogens (tertiary/aromatic N) is 2. The first kappa shape index (κ1) is 13.9. The lowest BCUT2D eigenvalue weighted by Gasteiger charge is -2.22. The molecule has 1 heterocycles. The molecule has 0 fully saturated rings. The molecule has 2 N–H and O–H groups in total. The van der Waals surface area contributed by atoms with Crippen LogP contribution in [-0.4, -0.2) is 36.3 Å². The van der Waals surface area contributed by atoms with E-state index in [2.05, 4.69) is 4.98 Å². The minimum atomic E-state index is 0.243. The number of aromatic nitrogens is 1. The molecule has 5 heteroatoms. The number of likely N-dealkylation sites (N-methyl/N-ethyl adjacent to an activating group) is 1. The van der Waals surface area contributed by atoms with Gasteiger partial charge in [-0.2, -0.15) is 0 Å². The van der Waals surface area contributed by atoms with Crippen molar-refractivity contribution in [3.05, 3.63) is 24.0 Å². The van der Waals surface area contributed by atoms with Gasteiger partial charge in [0.25, 0.3) is 0 Å². The van der Waals surface area contributed by atoms with Crippen LogP contribution in [0.4, 0.5) is 5.69 Å². The Bertz CT molecular complexity index is 382. The number of rotatable bonds is 6. The summed E-state index contributed by atoms with van der Waals surface area (Å²) in [4.78, 5) is 6.53. The monoisotopic (exact) mass is 253 g/mol. The van der Waals surface area contributed by atoms with Crippen molar-refractivity contribution >= 4 is 22.9 Å². The number of hydrogen-bond acceptors (Lipinski definition) is 4. The molecule has 0 aromatic carbocycles. The second-order valence-electron chi connectivity index (χ2n) is 4.10. The topological polar surface area (TPSA) is 51.4 Å². The smallest absolute Gasteiger partial charge is 0.106 e. The molecule has 0 aliphatic rings. The van der Waals surface area contributed by atoms with Gasteiger partial charge in [-0.1, -0.05) is 12.2 Å². The summed E-state index contributed by atoms with van der Waals surface area (Å²) >= 11 is 5.01. The largest absolute Gasteiger partial charge is 0.389 e. The van der Waals surface area contributed by atoms with Crippen molar-refractivity contribution in [3.63, 3.8) is 0 Å². The zero-order valence-corrected chi connectivity index (χ0v) is 11.3. The first-order valence-corrected chi connectivity index (χ1v) is 5.99. The van der Waals surface area contributed by atoms with Crippen LogP contribution in [0, 0.1) is 0 Å². The average Bonchev–Trinajstić information content (AvgIpc) is 2.28. The molecule has 0 aliphatic carbocycles. The van der Waals surface area contributed by atoms with Gasteiger partial charge >= 0.3 is 0 Å². The Kier molecular flexibility index (Phi) is 5.31. The highest BCUT2D eigenvalue weighted by atomic mass is 32.1. The minimum absolute atomic E-state index is 0.243. The van der Waals surface area contributed by atoms with E-state index in [4.69, 9.17) is 22.7 Å². The molecule has 0 aliphatic heterocycles. The fraction of sp³-hybridized carbons (Fsp3) is 0.500. The molecule has 0 saturated heterocycles. The summed E-state index contributed by atoms with van der Waals surface area (Å²) in [5.74, 6) is 0. The quantitative estimate of drug-likeness (QED) is 0.780. The van der Waals surface area contributed by atoms with Crippen LogP contribution < -0.4 is 10.6 Å². The predicted molar refractivity (Wildman–Crippen MR) is 74.5 cm³/mol. The average molecular weight is 253 g/mol. The Labute approximate surface area is 108 Å². The Balaban J connectivity index is 2.68. The number of anilines is 1. The Morgan fingerprint density at radius 3 is 2.88 bits per heavy atom. The fourth-order valence-corrected chi connectivity index (χ4v) is 1.62. The van der Waals surface area contributed by atoms with Gasteiger partial charge in [0.2, 0.25) is 0 Å². The molecule has 0 radical (unpaired) electrons. The van der Waals surface area contributed by atoms with Crippen molar-refractivity contribution in [3.8, 4) is 0 Å². The van der Waals surface area contributed by atoms with E-state index in [1.54, 1.807) is 12.4 Å². The SMILES string of the molecule is CC(C)OCCN(C)c1cnccc1C(N)=S. The maximum atomic E-state index is 5.67.